The molecule has 0 unspecified atom stereocenters. The first-order valence-electron chi connectivity index (χ1n) is 7.33. The van der Waals surface area contributed by atoms with E-state index in [0.29, 0.717) is 17.1 Å². The fourth-order valence-corrected chi connectivity index (χ4v) is 2.94. The van der Waals surface area contributed by atoms with Gasteiger partial charge in [0.15, 0.2) is 0 Å². The van der Waals surface area contributed by atoms with Crippen LogP contribution in [0.25, 0.3) is 0 Å². The molecule has 0 saturated heterocycles. The molecule has 0 heterocycles. The normalized spacial score (nSPS) is 11.1. The van der Waals surface area contributed by atoms with Crippen molar-refractivity contribution in [3.05, 3.63) is 52.5 Å². The highest BCUT2D eigenvalue weighted by Gasteiger charge is 2.17. The number of halogens is 1. The SMILES string of the molecule is COc1ccc(C)cc1NC(=O)c1ccc(N(C)S(C)(=O)=O)cc1Cl. The molecule has 2 aromatic carbocycles. The molecule has 6 nitrogen and oxygen atoms in total. The summed E-state index contributed by atoms with van der Waals surface area (Å²) in [7, 11) is -0.478. The Hall–Kier alpha value is -2.25. The first-order valence-corrected chi connectivity index (χ1v) is 9.55. The first kappa shape index (κ1) is 19.1. The number of benzene rings is 2. The highest BCUT2D eigenvalue weighted by atomic mass is 35.5. The third-order valence-electron chi connectivity index (χ3n) is 3.66. The Bertz CT molecular complexity index is 913. The minimum absolute atomic E-state index is 0.150. The van der Waals surface area contributed by atoms with E-state index < -0.39 is 15.9 Å². The van der Waals surface area contributed by atoms with Crippen molar-refractivity contribution in [3.63, 3.8) is 0 Å². The molecule has 0 aliphatic rings. The average molecular weight is 383 g/mol. The molecule has 0 saturated carbocycles. The van der Waals surface area contributed by atoms with Gasteiger partial charge in [-0.15, -0.1) is 0 Å². The van der Waals surface area contributed by atoms with Crippen LogP contribution in [0.1, 0.15) is 15.9 Å². The Balaban J connectivity index is 2.31. The van der Waals surface area contributed by atoms with Crippen molar-refractivity contribution in [2.24, 2.45) is 0 Å². The topological polar surface area (TPSA) is 75.7 Å². The predicted molar refractivity (Wildman–Crippen MR) is 100 cm³/mol. The zero-order chi connectivity index (χ0) is 18.8. The van der Waals surface area contributed by atoms with E-state index in [2.05, 4.69) is 5.32 Å². The maximum atomic E-state index is 12.5. The van der Waals surface area contributed by atoms with E-state index in [-0.39, 0.29) is 10.6 Å². The van der Waals surface area contributed by atoms with Crippen LogP contribution in [-0.4, -0.2) is 34.7 Å². The number of sulfonamides is 1. The van der Waals surface area contributed by atoms with Gasteiger partial charge in [0.1, 0.15) is 5.75 Å². The van der Waals surface area contributed by atoms with Crippen LogP contribution in [0.2, 0.25) is 5.02 Å². The Labute approximate surface area is 152 Å². The third kappa shape index (κ3) is 4.43. The molecule has 0 spiro atoms. The summed E-state index contributed by atoms with van der Waals surface area (Å²) in [6.07, 6.45) is 1.09. The van der Waals surface area contributed by atoms with Gasteiger partial charge in [-0.25, -0.2) is 8.42 Å². The van der Waals surface area contributed by atoms with Crippen molar-refractivity contribution in [3.8, 4) is 5.75 Å². The largest absolute Gasteiger partial charge is 0.495 e. The van der Waals surface area contributed by atoms with E-state index in [1.54, 1.807) is 12.1 Å². The molecule has 1 amide bonds. The van der Waals surface area contributed by atoms with Gasteiger partial charge in [0.05, 0.1) is 35.3 Å². The van der Waals surface area contributed by atoms with Gasteiger partial charge in [0.2, 0.25) is 10.0 Å². The lowest BCUT2D eigenvalue weighted by Gasteiger charge is -2.18. The number of nitrogens with zero attached hydrogens (tertiary/aromatic N) is 1. The summed E-state index contributed by atoms with van der Waals surface area (Å²) in [4.78, 5) is 12.5. The van der Waals surface area contributed by atoms with E-state index in [1.165, 1.54) is 32.4 Å². The van der Waals surface area contributed by atoms with E-state index in [0.717, 1.165) is 16.1 Å². The van der Waals surface area contributed by atoms with Crippen molar-refractivity contribution < 1.29 is 17.9 Å². The lowest BCUT2D eigenvalue weighted by atomic mass is 10.1. The maximum absolute atomic E-state index is 12.5. The fourth-order valence-electron chi connectivity index (χ4n) is 2.18. The molecule has 134 valence electrons. The number of methoxy groups -OCH3 is 1. The number of hydrogen-bond acceptors (Lipinski definition) is 4. The Kier molecular flexibility index (Phi) is 5.59. The van der Waals surface area contributed by atoms with Crippen molar-refractivity contribution in [1.29, 1.82) is 0 Å². The van der Waals surface area contributed by atoms with E-state index in [9.17, 15) is 13.2 Å². The molecule has 2 rings (SSSR count). The number of rotatable bonds is 5. The molecule has 0 aliphatic heterocycles. The highest BCUT2D eigenvalue weighted by Crippen LogP contribution is 2.28. The van der Waals surface area contributed by atoms with Crippen molar-refractivity contribution in [1.82, 2.24) is 0 Å². The van der Waals surface area contributed by atoms with Crippen LogP contribution in [-0.2, 0) is 10.0 Å². The van der Waals surface area contributed by atoms with Gasteiger partial charge in [-0.3, -0.25) is 9.10 Å². The average Bonchev–Trinajstić information content (AvgIpc) is 2.53. The van der Waals surface area contributed by atoms with Crippen LogP contribution in [0, 0.1) is 6.92 Å². The summed E-state index contributed by atoms with van der Waals surface area (Å²) in [6, 6.07) is 9.86. The number of hydrogen-bond donors (Lipinski definition) is 1. The summed E-state index contributed by atoms with van der Waals surface area (Å²) in [5.41, 5.74) is 2.10. The molecule has 25 heavy (non-hydrogen) atoms. The van der Waals surface area contributed by atoms with Crippen molar-refractivity contribution >= 4 is 38.9 Å². The van der Waals surface area contributed by atoms with Gasteiger partial charge in [-0.2, -0.15) is 0 Å². The maximum Gasteiger partial charge on any atom is 0.257 e. The standard InChI is InChI=1S/C17H19ClN2O4S/c1-11-5-8-16(24-3)15(9-11)19-17(21)13-7-6-12(10-14(13)18)20(2)25(4,22)23/h5-10H,1-4H3,(H,19,21). The number of carbonyl (C=O) groups is 1. The summed E-state index contributed by atoms with van der Waals surface area (Å²) >= 11 is 6.18. The molecule has 2 aromatic rings. The first-order chi connectivity index (χ1) is 11.6. The molecule has 0 bridgehead atoms. The molecule has 8 heteroatoms. The third-order valence-corrected chi connectivity index (χ3v) is 5.18. The Morgan fingerprint density at radius 2 is 1.88 bits per heavy atom. The van der Waals surface area contributed by atoms with Crippen molar-refractivity contribution in [2.45, 2.75) is 6.92 Å². The Morgan fingerprint density at radius 3 is 2.44 bits per heavy atom. The predicted octanol–water partition coefficient (Wildman–Crippen LogP) is 3.31. The van der Waals surface area contributed by atoms with E-state index in [1.807, 2.05) is 13.0 Å². The summed E-state index contributed by atoms with van der Waals surface area (Å²) in [5.74, 6) is 0.117. The number of amides is 1. The van der Waals surface area contributed by atoms with Crippen molar-refractivity contribution in [2.75, 3.05) is 30.0 Å². The lowest BCUT2D eigenvalue weighted by molar-refractivity contribution is 0.102. The van der Waals surface area contributed by atoms with Crippen LogP contribution in [0.3, 0.4) is 0 Å². The monoisotopic (exact) mass is 382 g/mol. The van der Waals surface area contributed by atoms with Crippen LogP contribution in [0.5, 0.6) is 5.75 Å². The number of ether oxygens (including phenoxy) is 1. The van der Waals surface area contributed by atoms with Crippen LogP contribution >= 0.6 is 11.6 Å². The second-order valence-electron chi connectivity index (χ2n) is 5.55. The number of anilines is 2. The van der Waals surface area contributed by atoms with Crippen LogP contribution < -0.4 is 14.4 Å². The number of carbonyl (C=O) groups excluding carboxylic acids is 1. The molecule has 0 aliphatic carbocycles. The lowest BCUT2D eigenvalue weighted by Crippen LogP contribution is -2.25. The second-order valence-corrected chi connectivity index (χ2v) is 7.97. The summed E-state index contributed by atoms with van der Waals surface area (Å²) in [5, 5.41) is 2.91. The molecule has 1 N–H and O–H groups in total. The van der Waals surface area contributed by atoms with E-state index >= 15 is 0 Å². The quantitative estimate of drug-likeness (QED) is 0.860. The van der Waals surface area contributed by atoms with Gasteiger partial charge in [0, 0.05) is 7.05 Å². The zero-order valence-corrected chi connectivity index (χ0v) is 15.9. The fraction of sp³-hybridized carbons (Fsp3) is 0.235. The zero-order valence-electron chi connectivity index (χ0n) is 14.3. The second kappa shape index (κ2) is 7.33. The highest BCUT2D eigenvalue weighted by molar-refractivity contribution is 7.92. The van der Waals surface area contributed by atoms with Gasteiger partial charge < -0.3 is 10.1 Å². The van der Waals surface area contributed by atoms with Crippen LogP contribution in [0.15, 0.2) is 36.4 Å². The smallest absolute Gasteiger partial charge is 0.257 e. The van der Waals surface area contributed by atoms with E-state index in [4.69, 9.17) is 16.3 Å². The summed E-state index contributed by atoms with van der Waals surface area (Å²) < 4.78 is 29.5. The molecule has 0 aromatic heterocycles. The number of aryl methyl sites for hydroxylation is 1. The number of nitrogens with one attached hydrogen (secondary N) is 1. The molecule has 0 atom stereocenters. The molecule has 0 fully saturated rings. The summed E-state index contributed by atoms with van der Waals surface area (Å²) in [6.45, 7) is 1.90. The van der Waals surface area contributed by atoms with Crippen LogP contribution in [0.4, 0.5) is 11.4 Å². The molecule has 0 radical (unpaired) electrons. The minimum Gasteiger partial charge on any atom is -0.495 e. The molecular formula is C17H19ClN2O4S. The van der Waals surface area contributed by atoms with Gasteiger partial charge >= 0.3 is 0 Å². The minimum atomic E-state index is -3.41. The Morgan fingerprint density at radius 1 is 1.20 bits per heavy atom. The van der Waals surface area contributed by atoms with Gasteiger partial charge in [0.25, 0.3) is 5.91 Å². The molecular weight excluding hydrogens is 364 g/mol. The van der Waals surface area contributed by atoms with Gasteiger partial charge in [-0.05, 0) is 42.8 Å². The van der Waals surface area contributed by atoms with Gasteiger partial charge in [-0.1, -0.05) is 17.7 Å².